The maximum Gasteiger partial charge on any atom is 0.142 e. The van der Waals surface area contributed by atoms with Crippen molar-refractivity contribution in [1.29, 1.82) is 0 Å². The Kier molecular flexibility index (Phi) is 5.26. The highest BCUT2D eigenvalue weighted by atomic mass is 79.9. The standard InChI is InChI=1S/C15H12BrCl2F/c16-13-6-2-1-5-12(13)11(9-17)8-10-4-3-7-14(19)15(10)18/h1-7,11H,8-9H2. The normalized spacial score (nSPS) is 12.4. The number of alkyl halides is 1. The van der Waals surface area contributed by atoms with Crippen LogP contribution >= 0.6 is 39.1 Å². The first-order valence-corrected chi connectivity index (χ1v) is 7.57. The zero-order chi connectivity index (χ0) is 13.8. The van der Waals surface area contributed by atoms with Gasteiger partial charge in [-0.05, 0) is 29.7 Å². The van der Waals surface area contributed by atoms with Gasteiger partial charge in [-0.25, -0.2) is 4.39 Å². The van der Waals surface area contributed by atoms with Crippen molar-refractivity contribution in [2.45, 2.75) is 12.3 Å². The number of benzene rings is 2. The second-order valence-corrected chi connectivity index (χ2v) is 5.83. The summed E-state index contributed by atoms with van der Waals surface area (Å²) in [5.74, 6) is 0.159. The molecule has 100 valence electrons. The van der Waals surface area contributed by atoms with E-state index in [2.05, 4.69) is 15.9 Å². The fourth-order valence-electron chi connectivity index (χ4n) is 2.03. The summed E-state index contributed by atoms with van der Waals surface area (Å²) in [4.78, 5) is 0. The van der Waals surface area contributed by atoms with Gasteiger partial charge in [-0.3, -0.25) is 0 Å². The van der Waals surface area contributed by atoms with Gasteiger partial charge in [0, 0.05) is 16.3 Å². The molecule has 0 saturated carbocycles. The molecular weight excluding hydrogens is 350 g/mol. The molecule has 0 radical (unpaired) electrons. The topological polar surface area (TPSA) is 0 Å². The third-order valence-electron chi connectivity index (χ3n) is 3.03. The lowest BCUT2D eigenvalue weighted by Crippen LogP contribution is -2.06. The molecule has 2 rings (SSSR count). The summed E-state index contributed by atoms with van der Waals surface area (Å²) in [5, 5.41) is 0.185. The maximum atomic E-state index is 13.4. The van der Waals surface area contributed by atoms with Crippen molar-refractivity contribution in [3.63, 3.8) is 0 Å². The molecule has 4 heteroatoms. The first-order chi connectivity index (χ1) is 9.13. The lowest BCUT2D eigenvalue weighted by Gasteiger charge is -2.17. The van der Waals surface area contributed by atoms with Crippen molar-refractivity contribution >= 4 is 39.1 Å². The van der Waals surface area contributed by atoms with E-state index < -0.39 is 0 Å². The van der Waals surface area contributed by atoms with Crippen LogP contribution in [0.3, 0.4) is 0 Å². The molecule has 0 bridgehead atoms. The second-order valence-electron chi connectivity index (χ2n) is 4.29. The lowest BCUT2D eigenvalue weighted by molar-refractivity contribution is 0.623. The van der Waals surface area contributed by atoms with Gasteiger partial charge in [0.1, 0.15) is 5.82 Å². The molecule has 0 fully saturated rings. The molecule has 0 spiro atoms. The van der Waals surface area contributed by atoms with E-state index in [1.165, 1.54) is 6.07 Å². The van der Waals surface area contributed by atoms with Gasteiger partial charge < -0.3 is 0 Å². The Labute approximate surface area is 130 Å². The molecule has 1 unspecified atom stereocenters. The molecule has 0 amide bonds. The molecule has 2 aromatic rings. The highest BCUT2D eigenvalue weighted by Crippen LogP contribution is 2.31. The van der Waals surface area contributed by atoms with E-state index >= 15 is 0 Å². The van der Waals surface area contributed by atoms with E-state index in [1.807, 2.05) is 30.3 Å². The van der Waals surface area contributed by atoms with Crippen molar-refractivity contribution in [1.82, 2.24) is 0 Å². The Morgan fingerprint density at radius 1 is 1.11 bits per heavy atom. The number of halogens is 4. The van der Waals surface area contributed by atoms with Gasteiger partial charge in [0.2, 0.25) is 0 Å². The summed E-state index contributed by atoms with van der Waals surface area (Å²) >= 11 is 15.6. The van der Waals surface area contributed by atoms with Crippen molar-refractivity contribution in [3.8, 4) is 0 Å². The fourth-order valence-corrected chi connectivity index (χ4v) is 3.11. The summed E-state index contributed by atoms with van der Waals surface area (Å²) in [6.07, 6.45) is 0.614. The van der Waals surface area contributed by atoms with Gasteiger partial charge in [0.05, 0.1) is 5.02 Å². The predicted octanol–water partition coefficient (Wildman–Crippen LogP) is 5.81. The van der Waals surface area contributed by atoms with Crippen molar-refractivity contribution in [3.05, 3.63) is 68.9 Å². The fraction of sp³-hybridized carbons (Fsp3) is 0.200. The molecule has 1 atom stereocenters. The van der Waals surface area contributed by atoms with Crippen LogP contribution in [0.5, 0.6) is 0 Å². The van der Waals surface area contributed by atoms with Crippen LogP contribution in [-0.2, 0) is 6.42 Å². The molecule has 0 N–H and O–H groups in total. The molecule has 0 heterocycles. The van der Waals surface area contributed by atoms with E-state index in [9.17, 15) is 4.39 Å². The van der Waals surface area contributed by atoms with Gasteiger partial charge in [-0.1, -0.05) is 57.9 Å². The highest BCUT2D eigenvalue weighted by molar-refractivity contribution is 9.10. The van der Waals surface area contributed by atoms with Crippen LogP contribution in [0.1, 0.15) is 17.0 Å². The second kappa shape index (κ2) is 6.74. The van der Waals surface area contributed by atoms with Gasteiger partial charge in [0.15, 0.2) is 0 Å². The van der Waals surface area contributed by atoms with Crippen LogP contribution in [-0.4, -0.2) is 5.88 Å². The van der Waals surface area contributed by atoms with Gasteiger partial charge in [-0.2, -0.15) is 0 Å². The quantitative estimate of drug-likeness (QED) is 0.603. The van der Waals surface area contributed by atoms with Gasteiger partial charge in [-0.15, -0.1) is 11.6 Å². The summed E-state index contributed by atoms with van der Waals surface area (Å²) in [7, 11) is 0. The summed E-state index contributed by atoms with van der Waals surface area (Å²) < 4.78 is 14.4. The lowest BCUT2D eigenvalue weighted by atomic mass is 9.93. The van der Waals surface area contributed by atoms with E-state index in [1.54, 1.807) is 6.07 Å². The number of hydrogen-bond donors (Lipinski definition) is 0. The average molecular weight is 362 g/mol. The van der Waals surface area contributed by atoms with E-state index in [-0.39, 0.29) is 16.8 Å². The third-order valence-corrected chi connectivity index (χ3v) is 4.55. The first kappa shape index (κ1) is 14.8. The van der Waals surface area contributed by atoms with Crippen LogP contribution in [0.4, 0.5) is 4.39 Å². The van der Waals surface area contributed by atoms with Crippen LogP contribution in [0.2, 0.25) is 5.02 Å². The average Bonchev–Trinajstić information content (AvgIpc) is 2.41. The predicted molar refractivity (Wildman–Crippen MR) is 82.7 cm³/mol. The number of rotatable bonds is 4. The Morgan fingerprint density at radius 3 is 2.53 bits per heavy atom. The summed E-state index contributed by atoms with van der Waals surface area (Å²) in [6.45, 7) is 0. The Morgan fingerprint density at radius 2 is 1.84 bits per heavy atom. The van der Waals surface area contributed by atoms with E-state index in [0.29, 0.717) is 12.3 Å². The SMILES string of the molecule is Fc1cccc(CC(CCl)c2ccccc2Br)c1Cl. The van der Waals surface area contributed by atoms with E-state index in [4.69, 9.17) is 23.2 Å². The largest absolute Gasteiger partial charge is 0.205 e. The summed E-state index contributed by atoms with van der Waals surface area (Å²) in [5.41, 5.74) is 1.89. The highest BCUT2D eigenvalue weighted by Gasteiger charge is 2.16. The Bertz CT molecular complexity index is 572. The molecule has 19 heavy (non-hydrogen) atoms. The zero-order valence-corrected chi connectivity index (χ0v) is 13.1. The van der Waals surface area contributed by atoms with Crippen molar-refractivity contribution < 1.29 is 4.39 Å². The third kappa shape index (κ3) is 3.50. The molecule has 0 aliphatic carbocycles. The van der Waals surface area contributed by atoms with Crippen LogP contribution < -0.4 is 0 Å². The van der Waals surface area contributed by atoms with Crippen LogP contribution in [0.15, 0.2) is 46.9 Å². The molecule has 0 saturated heterocycles. The molecule has 2 aromatic carbocycles. The first-order valence-electron chi connectivity index (χ1n) is 5.86. The Hall–Kier alpha value is -0.570. The monoisotopic (exact) mass is 360 g/mol. The van der Waals surface area contributed by atoms with Crippen LogP contribution in [0.25, 0.3) is 0 Å². The maximum absolute atomic E-state index is 13.4. The van der Waals surface area contributed by atoms with E-state index in [0.717, 1.165) is 15.6 Å². The van der Waals surface area contributed by atoms with Crippen molar-refractivity contribution in [2.24, 2.45) is 0 Å². The minimum absolute atomic E-state index is 0.0940. The van der Waals surface area contributed by atoms with Crippen molar-refractivity contribution in [2.75, 3.05) is 5.88 Å². The molecular formula is C15H12BrCl2F. The Balaban J connectivity index is 2.30. The van der Waals surface area contributed by atoms with Crippen LogP contribution in [0, 0.1) is 5.82 Å². The minimum atomic E-state index is -0.389. The molecule has 0 nitrogen and oxygen atoms in total. The molecule has 0 aliphatic rings. The zero-order valence-electron chi connectivity index (χ0n) is 10.0. The smallest absolute Gasteiger partial charge is 0.142 e. The molecule has 0 aliphatic heterocycles. The summed E-state index contributed by atoms with van der Waals surface area (Å²) in [6, 6.07) is 12.8. The van der Waals surface area contributed by atoms with Gasteiger partial charge in [0.25, 0.3) is 0 Å². The van der Waals surface area contributed by atoms with Gasteiger partial charge >= 0.3 is 0 Å². The minimum Gasteiger partial charge on any atom is -0.205 e. The molecule has 0 aromatic heterocycles. The number of hydrogen-bond acceptors (Lipinski definition) is 0.